The molecule has 0 aliphatic carbocycles. The minimum Gasteiger partial charge on any atom is -0.463 e. The van der Waals surface area contributed by atoms with E-state index in [1.807, 2.05) is 30.3 Å². The van der Waals surface area contributed by atoms with Gasteiger partial charge in [0.1, 0.15) is 6.10 Å². The highest BCUT2D eigenvalue weighted by Gasteiger charge is 2.13. The smallest absolute Gasteiger partial charge is 0.302 e. The van der Waals surface area contributed by atoms with E-state index in [2.05, 4.69) is 24.4 Å². The highest BCUT2D eigenvalue weighted by Crippen LogP contribution is 2.11. The Balaban J connectivity index is 2.32. The summed E-state index contributed by atoms with van der Waals surface area (Å²) in [6.45, 7) is 4.01. The molecule has 1 N–H and O–H groups in total. The molecule has 126 valence electrons. The van der Waals surface area contributed by atoms with Gasteiger partial charge in [0, 0.05) is 19.9 Å². The van der Waals surface area contributed by atoms with E-state index >= 15 is 0 Å². The monoisotopic (exact) mass is 317 g/mol. The Morgan fingerprint density at radius 1 is 1.17 bits per heavy atom. The van der Waals surface area contributed by atoms with Gasteiger partial charge in [0.15, 0.2) is 0 Å². The number of rotatable bonds is 10. The maximum Gasteiger partial charge on any atom is 0.302 e. The van der Waals surface area contributed by atoms with Gasteiger partial charge in [0.25, 0.3) is 0 Å². The molecular weight excluding hydrogens is 290 g/mol. The average molecular weight is 317 g/mol. The van der Waals surface area contributed by atoms with Crippen LogP contribution in [-0.2, 0) is 20.9 Å². The van der Waals surface area contributed by atoms with Crippen molar-refractivity contribution < 1.29 is 14.3 Å². The lowest BCUT2D eigenvalue weighted by Gasteiger charge is -2.16. The lowest BCUT2D eigenvalue weighted by Crippen LogP contribution is -2.25. The van der Waals surface area contributed by atoms with Crippen molar-refractivity contribution in [2.24, 2.45) is 0 Å². The van der Waals surface area contributed by atoms with Crippen molar-refractivity contribution in [2.75, 3.05) is 0 Å². The highest BCUT2D eigenvalue weighted by atomic mass is 16.5. The minimum absolute atomic E-state index is 0.0184. The summed E-state index contributed by atoms with van der Waals surface area (Å²) in [5.41, 5.74) is 1.07. The van der Waals surface area contributed by atoms with Crippen LogP contribution in [0.25, 0.3) is 0 Å². The third kappa shape index (κ3) is 9.51. The van der Waals surface area contributed by atoms with E-state index in [9.17, 15) is 9.59 Å². The number of esters is 1. The van der Waals surface area contributed by atoms with E-state index in [-0.39, 0.29) is 18.0 Å². The number of hydrogen-bond acceptors (Lipinski definition) is 3. The first kappa shape index (κ1) is 18.9. The SMILES string of the molecule is CC/C=C\CC[C@@H](CCC(=O)NCc1ccccc1)OC(C)=O. The maximum atomic E-state index is 11.9. The van der Waals surface area contributed by atoms with Gasteiger partial charge in [0.2, 0.25) is 5.91 Å². The van der Waals surface area contributed by atoms with Crippen LogP contribution in [0.4, 0.5) is 0 Å². The van der Waals surface area contributed by atoms with Crippen LogP contribution in [0.15, 0.2) is 42.5 Å². The van der Waals surface area contributed by atoms with E-state index in [0.717, 1.165) is 24.8 Å². The van der Waals surface area contributed by atoms with Crippen molar-refractivity contribution in [1.29, 1.82) is 0 Å². The fourth-order valence-corrected chi connectivity index (χ4v) is 2.24. The first-order chi connectivity index (χ1) is 11.1. The molecule has 0 aliphatic rings. The molecule has 1 aromatic rings. The number of ether oxygens (including phenoxy) is 1. The summed E-state index contributed by atoms with van der Waals surface area (Å²) in [5, 5.41) is 2.89. The molecule has 0 bridgehead atoms. The van der Waals surface area contributed by atoms with Crippen LogP contribution >= 0.6 is 0 Å². The van der Waals surface area contributed by atoms with Gasteiger partial charge in [-0.05, 0) is 31.2 Å². The topological polar surface area (TPSA) is 55.4 Å². The molecule has 1 amide bonds. The van der Waals surface area contributed by atoms with Crippen molar-refractivity contribution in [3.05, 3.63) is 48.0 Å². The predicted octanol–water partition coefficient (Wildman–Crippen LogP) is 3.76. The zero-order valence-corrected chi connectivity index (χ0v) is 14.1. The van der Waals surface area contributed by atoms with Crippen LogP contribution in [-0.4, -0.2) is 18.0 Å². The second-order valence-electron chi connectivity index (χ2n) is 5.49. The summed E-state index contributed by atoms with van der Waals surface area (Å²) in [6, 6.07) is 9.79. The fraction of sp³-hybridized carbons (Fsp3) is 0.474. The summed E-state index contributed by atoms with van der Waals surface area (Å²) in [6.07, 6.45) is 7.52. The molecule has 0 aromatic heterocycles. The van der Waals surface area contributed by atoms with Crippen molar-refractivity contribution >= 4 is 11.9 Å². The van der Waals surface area contributed by atoms with Crippen LogP contribution in [0.3, 0.4) is 0 Å². The Labute approximate surface area is 138 Å². The van der Waals surface area contributed by atoms with E-state index < -0.39 is 0 Å². The molecule has 0 aliphatic heterocycles. The minimum atomic E-state index is -0.292. The van der Waals surface area contributed by atoms with Gasteiger partial charge in [-0.2, -0.15) is 0 Å². The van der Waals surface area contributed by atoms with Crippen molar-refractivity contribution in [2.45, 2.75) is 58.6 Å². The standard InChI is InChI=1S/C19H27NO3/c1-3-4-5-9-12-18(23-16(2)21)13-14-19(22)20-15-17-10-7-6-8-11-17/h4-8,10-11,18H,3,9,12-15H2,1-2H3,(H,20,22)/b5-4-/t18-/m0/s1. The largest absolute Gasteiger partial charge is 0.463 e. The molecule has 1 rings (SSSR count). The molecule has 23 heavy (non-hydrogen) atoms. The first-order valence-electron chi connectivity index (χ1n) is 8.24. The summed E-state index contributed by atoms with van der Waals surface area (Å²) < 4.78 is 5.29. The number of benzene rings is 1. The molecule has 0 spiro atoms. The lowest BCUT2D eigenvalue weighted by atomic mass is 10.1. The Morgan fingerprint density at radius 2 is 1.91 bits per heavy atom. The Bertz CT molecular complexity index is 497. The molecule has 0 saturated heterocycles. The van der Waals surface area contributed by atoms with E-state index in [1.165, 1.54) is 6.92 Å². The number of carbonyl (C=O) groups is 2. The van der Waals surface area contributed by atoms with Gasteiger partial charge < -0.3 is 10.1 Å². The fourth-order valence-electron chi connectivity index (χ4n) is 2.24. The highest BCUT2D eigenvalue weighted by molar-refractivity contribution is 5.75. The van der Waals surface area contributed by atoms with Crippen LogP contribution in [0.1, 0.15) is 51.5 Å². The van der Waals surface area contributed by atoms with Gasteiger partial charge in [-0.15, -0.1) is 0 Å². The van der Waals surface area contributed by atoms with Crippen LogP contribution < -0.4 is 5.32 Å². The van der Waals surface area contributed by atoms with Gasteiger partial charge in [0.05, 0.1) is 0 Å². The van der Waals surface area contributed by atoms with Gasteiger partial charge in [-0.25, -0.2) is 0 Å². The summed E-state index contributed by atoms with van der Waals surface area (Å²) in [7, 11) is 0. The molecule has 0 unspecified atom stereocenters. The van der Waals surface area contributed by atoms with Gasteiger partial charge in [-0.1, -0.05) is 49.4 Å². The molecule has 0 radical (unpaired) electrons. The number of allylic oxidation sites excluding steroid dienone is 2. The van der Waals surface area contributed by atoms with Crippen LogP contribution in [0.2, 0.25) is 0 Å². The van der Waals surface area contributed by atoms with Crippen molar-refractivity contribution in [1.82, 2.24) is 5.32 Å². The second kappa shape index (κ2) is 11.5. The van der Waals surface area contributed by atoms with Gasteiger partial charge in [-0.3, -0.25) is 9.59 Å². The maximum absolute atomic E-state index is 11.9. The van der Waals surface area contributed by atoms with Crippen LogP contribution in [0, 0.1) is 0 Å². The average Bonchev–Trinajstić information content (AvgIpc) is 2.55. The summed E-state index contributed by atoms with van der Waals surface area (Å²) >= 11 is 0. The first-order valence-corrected chi connectivity index (χ1v) is 8.24. The predicted molar refractivity (Wildman–Crippen MR) is 91.7 cm³/mol. The zero-order chi connectivity index (χ0) is 16.9. The summed E-state index contributed by atoms with van der Waals surface area (Å²) in [5.74, 6) is -0.311. The normalized spacial score (nSPS) is 12.1. The van der Waals surface area contributed by atoms with Crippen LogP contribution in [0.5, 0.6) is 0 Å². The molecule has 0 heterocycles. The van der Waals surface area contributed by atoms with Crippen molar-refractivity contribution in [3.63, 3.8) is 0 Å². The second-order valence-corrected chi connectivity index (χ2v) is 5.49. The molecular formula is C19H27NO3. The van der Waals surface area contributed by atoms with Crippen molar-refractivity contribution in [3.8, 4) is 0 Å². The Morgan fingerprint density at radius 3 is 2.57 bits per heavy atom. The van der Waals surface area contributed by atoms with E-state index in [0.29, 0.717) is 19.4 Å². The molecule has 0 fully saturated rings. The Hall–Kier alpha value is -2.10. The third-order valence-electron chi connectivity index (χ3n) is 3.42. The molecule has 0 saturated carbocycles. The molecule has 1 atom stereocenters. The molecule has 4 heteroatoms. The zero-order valence-electron chi connectivity index (χ0n) is 14.1. The Kier molecular flexibility index (Phi) is 9.45. The van der Waals surface area contributed by atoms with Gasteiger partial charge >= 0.3 is 5.97 Å². The molecule has 4 nitrogen and oxygen atoms in total. The number of nitrogens with one attached hydrogen (secondary N) is 1. The van der Waals surface area contributed by atoms with E-state index in [4.69, 9.17) is 4.74 Å². The third-order valence-corrected chi connectivity index (χ3v) is 3.42. The van der Waals surface area contributed by atoms with E-state index in [1.54, 1.807) is 0 Å². The number of amides is 1. The number of carbonyl (C=O) groups excluding carboxylic acids is 2. The number of hydrogen-bond donors (Lipinski definition) is 1. The summed E-state index contributed by atoms with van der Waals surface area (Å²) in [4.78, 5) is 23.1. The quantitative estimate of drug-likeness (QED) is 0.528. The molecule has 1 aromatic carbocycles. The lowest BCUT2D eigenvalue weighted by molar-refractivity contribution is -0.147.